The van der Waals surface area contributed by atoms with Crippen LogP contribution in [0.3, 0.4) is 0 Å². The van der Waals surface area contributed by atoms with Gasteiger partial charge < -0.3 is 19.3 Å². The summed E-state index contributed by atoms with van der Waals surface area (Å²) in [6.07, 6.45) is -0.0883. The van der Waals surface area contributed by atoms with E-state index in [2.05, 4.69) is 0 Å². The highest BCUT2D eigenvalue weighted by Crippen LogP contribution is 2.27. The van der Waals surface area contributed by atoms with Crippen molar-refractivity contribution >= 4 is 0 Å². The van der Waals surface area contributed by atoms with Gasteiger partial charge >= 0.3 is 0 Å². The zero-order valence-corrected chi connectivity index (χ0v) is 9.47. The smallest absolute Gasteiger partial charge is 0.163 e. The van der Waals surface area contributed by atoms with Gasteiger partial charge in [0.2, 0.25) is 0 Å². The third-order valence-corrected chi connectivity index (χ3v) is 2.36. The van der Waals surface area contributed by atoms with Crippen LogP contribution in [0.25, 0.3) is 0 Å². The average molecular weight is 224 g/mol. The molecule has 0 bridgehead atoms. The molecule has 0 aliphatic carbocycles. The van der Waals surface area contributed by atoms with E-state index in [0.29, 0.717) is 19.0 Å². The predicted octanol–water partition coefficient (Wildman–Crippen LogP) is 1.92. The molecule has 4 heteroatoms. The second-order valence-electron chi connectivity index (χ2n) is 4.23. The van der Waals surface area contributed by atoms with Crippen molar-refractivity contribution in [1.29, 1.82) is 0 Å². The van der Waals surface area contributed by atoms with Crippen molar-refractivity contribution in [3.63, 3.8) is 0 Å². The van der Waals surface area contributed by atoms with Gasteiger partial charge in [-0.15, -0.1) is 0 Å². The highest BCUT2D eigenvalue weighted by atomic mass is 16.7. The standard InChI is InChI=1S/C12H16O4/c1-12(2)15-8-9(16-12)7-14-11-6-4-3-5-10(11)13/h3-6,9,13H,7-8H2,1-2H3/t9-/m0/s1. The lowest BCUT2D eigenvalue weighted by Crippen LogP contribution is -2.25. The van der Waals surface area contributed by atoms with E-state index in [-0.39, 0.29) is 11.9 Å². The molecule has 88 valence electrons. The van der Waals surface area contributed by atoms with Gasteiger partial charge in [-0.2, -0.15) is 0 Å². The number of para-hydroxylation sites is 2. The van der Waals surface area contributed by atoms with Gasteiger partial charge in [-0.05, 0) is 26.0 Å². The Balaban J connectivity index is 1.87. The first-order valence-electron chi connectivity index (χ1n) is 5.29. The van der Waals surface area contributed by atoms with Crippen molar-refractivity contribution in [3.8, 4) is 11.5 Å². The first-order valence-corrected chi connectivity index (χ1v) is 5.29. The normalized spacial score (nSPS) is 23.2. The second-order valence-corrected chi connectivity index (χ2v) is 4.23. The predicted molar refractivity (Wildman–Crippen MR) is 58.5 cm³/mol. The number of hydrogen-bond acceptors (Lipinski definition) is 4. The average Bonchev–Trinajstić information content (AvgIpc) is 2.57. The Morgan fingerprint density at radius 2 is 2.19 bits per heavy atom. The third kappa shape index (κ3) is 2.65. The van der Waals surface area contributed by atoms with Gasteiger partial charge in [-0.3, -0.25) is 0 Å². The van der Waals surface area contributed by atoms with Crippen LogP contribution in [0.2, 0.25) is 0 Å². The summed E-state index contributed by atoms with van der Waals surface area (Å²) < 4.78 is 16.4. The summed E-state index contributed by atoms with van der Waals surface area (Å²) in [5, 5.41) is 9.49. The molecule has 0 saturated carbocycles. The van der Waals surface area contributed by atoms with Gasteiger partial charge in [-0.1, -0.05) is 12.1 Å². The van der Waals surface area contributed by atoms with Crippen molar-refractivity contribution < 1.29 is 19.3 Å². The molecule has 1 fully saturated rings. The Morgan fingerprint density at radius 1 is 1.44 bits per heavy atom. The van der Waals surface area contributed by atoms with E-state index in [1.807, 2.05) is 19.9 Å². The van der Waals surface area contributed by atoms with Crippen LogP contribution in [0.4, 0.5) is 0 Å². The van der Waals surface area contributed by atoms with Crippen LogP contribution in [-0.2, 0) is 9.47 Å². The molecule has 1 heterocycles. The van der Waals surface area contributed by atoms with Gasteiger partial charge in [-0.25, -0.2) is 0 Å². The molecule has 0 spiro atoms. The minimum Gasteiger partial charge on any atom is -0.504 e. The fourth-order valence-electron chi connectivity index (χ4n) is 1.61. The maximum Gasteiger partial charge on any atom is 0.163 e. The summed E-state index contributed by atoms with van der Waals surface area (Å²) in [6.45, 7) is 4.63. The number of benzene rings is 1. The van der Waals surface area contributed by atoms with Gasteiger partial charge in [0.1, 0.15) is 12.7 Å². The van der Waals surface area contributed by atoms with E-state index in [9.17, 15) is 5.11 Å². The zero-order valence-electron chi connectivity index (χ0n) is 9.47. The lowest BCUT2D eigenvalue weighted by molar-refractivity contribution is -0.141. The maximum atomic E-state index is 9.49. The Kier molecular flexibility index (Phi) is 3.03. The van der Waals surface area contributed by atoms with Gasteiger partial charge in [0, 0.05) is 0 Å². The monoisotopic (exact) mass is 224 g/mol. The van der Waals surface area contributed by atoms with Crippen molar-refractivity contribution in [2.75, 3.05) is 13.2 Å². The molecule has 1 N–H and O–H groups in total. The Morgan fingerprint density at radius 3 is 2.81 bits per heavy atom. The summed E-state index contributed by atoms with van der Waals surface area (Å²) >= 11 is 0. The first-order chi connectivity index (χ1) is 7.57. The number of phenols is 1. The Labute approximate surface area is 94.8 Å². The van der Waals surface area contributed by atoms with Crippen LogP contribution in [0.1, 0.15) is 13.8 Å². The molecule has 0 radical (unpaired) electrons. The van der Waals surface area contributed by atoms with E-state index in [1.165, 1.54) is 0 Å². The van der Waals surface area contributed by atoms with Gasteiger partial charge in [0.15, 0.2) is 17.3 Å². The van der Waals surface area contributed by atoms with E-state index in [0.717, 1.165) is 0 Å². The molecule has 0 unspecified atom stereocenters. The molecule has 1 aromatic rings. The first kappa shape index (κ1) is 11.2. The van der Waals surface area contributed by atoms with Crippen LogP contribution in [0.15, 0.2) is 24.3 Å². The van der Waals surface area contributed by atoms with E-state index < -0.39 is 5.79 Å². The quantitative estimate of drug-likeness (QED) is 0.852. The van der Waals surface area contributed by atoms with Gasteiger partial charge in [0.05, 0.1) is 6.61 Å². The molecule has 0 amide bonds. The Bertz CT molecular complexity index is 362. The molecule has 1 aliphatic rings. The number of phenolic OH excluding ortho intramolecular Hbond substituents is 1. The van der Waals surface area contributed by atoms with E-state index in [4.69, 9.17) is 14.2 Å². The van der Waals surface area contributed by atoms with Crippen LogP contribution in [0, 0.1) is 0 Å². The van der Waals surface area contributed by atoms with Crippen LogP contribution in [-0.4, -0.2) is 30.2 Å². The summed E-state index contributed by atoms with van der Waals surface area (Å²) in [4.78, 5) is 0. The molecule has 2 rings (SSSR count). The summed E-state index contributed by atoms with van der Waals surface area (Å²) in [5.74, 6) is 0.0729. The molecule has 1 atom stereocenters. The molecule has 16 heavy (non-hydrogen) atoms. The lowest BCUT2D eigenvalue weighted by Gasteiger charge is -2.17. The molecule has 1 aromatic carbocycles. The molecule has 0 aromatic heterocycles. The topological polar surface area (TPSA) is 47.9 Å². The summed E-state index contributed by atoms with van der Waals surface area (Å²) in [7, 11) is 0. The Hall–Kier alpha value is -1.26. The minimum absolute atomic E-state index is 0.0883. The SMILES string of the molecule is CC1(C)OC[C@H](COc2ccccc2O)O1. The fraction of sp³-hybridized carbons (Fsp3) is 0.500. The van der Waals surface area contributed by atoms with E-state index in [1.54, 1.807) is 18.2 Å². The summed E-state index contributed by atoms with van der Waals surface area (Å²) in [5.41, 5.74) is 0. The molecule has 4 nitrogen and oxygen atoms in total. The maximum absolute atomic E-state index is 9.49. The van der Waals surface area contributed by atoms with Crippen molar-refractivity contribution in [1.82, 2.24) is 0 Å². The van der Waals surface area contributed by atoms with Crippen molar-refractivity contribution in [3.05, 3.63) is 24.3 Å². The highest BCUT2D eigenvalue weighted by Gasteiger charge is 2.33. The lowest BCUT2D eigenvalue weighted by atomic mass is 10.3. The molecule has 1 saturated heterocycles. The van der Waals surface area contributed by atoms with Crippen molar-refractivity contribution in [2.24, 2.45) is 0 Å². The zero-order chi connectivity index (χ0) is 11.6. The van der Waals surface area contributed by atoms with Crippen LogP contribution in [0.5, 0.6) is 11.5 Å². The second kappa shape index (κ2) is 4.31. The number of ether oxygens (including phenoxy) is 3. The van der Waals surface area contributed by atoms with E-state index >= 15 is 0 Å². The molecule has 1 aliphatic heterocycles. The van der Waals surface area contributed by atoms with Crippen molar-refractivity contribution in [2.45, 2.75) is 25.7 Å². The number of hydrogen-bond donors (Lipinski definition) is 1. The molecular formula is C12H16O4. The minimum atomic E-state index is -0.535. The largest absolute Gasteiger partial charge is 0.504 e. The summed E-state index contributed by atoms with van der Waals surface area (Å²) in [6, 6.07) is 6.87. The molecular weight excluding hydrogens is 208 g/mol. The number of aromatic hydroxyl groups is 1. The number of rotatable bonds is 3. The fourth-order valence-corrected chi connectivity index (χ4v) is 1.61. The highest BCUT2D eigenvalue weighted by molar-refractivity contribution is 5.37. The van der Waals surface area contributed by atoms with Crippen LogP contribution >= 0.6 is 0 Å². The van der Waals surface area contributed by atoms with Crippen LogP contribution < -0.4 is 4.74 Å². The third-order valence-electron chi connectivity index (χ3n) is 2.36. The van der Waals surface area contributed by atoms with Gasteiger partial charge in [0.25, 0.3) is 0 Å².